The van der Waals surface area contributed by atoms with E-state index < -0.39 is 11.7 Å². The molecule has 1 aromatic rings. The second kappa shape index (κ2) is 5.64. The number of rotatable bonds is 6. The summed E-state index contributed by atoms with van der Waals surface area (Å²) in [6.07, 6.45) is 3.00. The minimum atomic E-state index is -1.28. The zero-order chi connectivity index (χ0) is 12.0. The van der Waals surface area contributed by atoms with Crippen molar-refractivity contribution in [3.8, 4) is 0 Å². The van der Waals surface area contributed by atoms with Crippen molar-refractivity contribution in [2.24, 2.45) is 0 Å². The Balaban J connectivity index is 3.05. The molecule has 2 heteroatoms. The summed E-state index contributed by atoms with van der Waals surface area (Å²) in [5, 5.41) is 20.5. The topological polar surface area (TPSA) is 40.5 Å². The molecular formula is C14H18O2. The number of hydrogen-bond acceptors (Lipinski definition) is 2. The lowest BCUT2D eigenvalue weighted by molar-refractivity contribution is -0.0766. The van der Waals surface area contributed by atoms with Gasteiger partial charge >= 0.3 is 0 Å². The van der Waals surface area contributed by atoms with Crippen molar-refractivity contribution in [2.45, 2.75) is 24.5 Å². The van der Waals surface area contributed by atoms with Gasteiger partial charge in [-0.2, -0.15) is 0 Å². The van der Waals surface area contributed by atoms with Gasteiger partial charge in [0.1, 0.15) is 5.60 Å². The molecule has 0 fully saturated rings. The predicted molar refractivity (Wildman–Crippen MR) is 66.0 cm³/mol. The summed E-state index contributed by atoms with van der Waals surface area (Å²) in [5.41, 5.74) is -0.582. The van der Waals surface area contributed by atoms with E-state index in [1.54, 1.807) is 24.3 Å². The third kappa shape index (κ3) is 2.60. The first-order valence-corrected chi connectivity index (χ1v) is 5.33. The fourth-order valence-corrected chi connectivity index (χ4v) is 1.75. The maximum Gasteiger partial charge on any atom is 0.119 e. The number of hydrogen-bond donors (Lipinski definition) is 2. The van der Waals surface area contributed by atoms with Crippen LogP contribution in [0.4, 0.5) is 0 Å². The first-order chi connectivity index (χ1) is 7.65. The summed E-state index contributed by atoms with van der Waals surface area (Å²) < 4.78 is 0. The normalized spacial score (nSPS) is 16.1. The molecule has 0 bridgehead atoms. The van der Waals surface area contributed by atoms with Crippen LogP contribution in [0.5, 0.6) is 0 Å². The quantitative estimate of drug-likeness (QED) is 0.720. The van der Waals surface area contributed by atoms with Gasteiger partial charge in [-0.05, 0) is 12.0 Å². The third-order valence-electron chi connectivity index (χ3n) is 2.67. The fraction of sp³-hybridized carbons (Fsp3) is 0.286. The molecular weight excluding hydrogens is 200 g/mol. The van der Waals surface area contributed by atoms with Crippen molar-refractivity contribution in [2.75, 3.05) is 0 Å². The largest absolute Gasteiger partial charge is 0.389 e. The molecule has 0 spiro atoms. The van der Waals surface area contributed by atoms with Gasteiger partial charge in [-0.3, -0.25) is 0 Å². The minimum absolute atomic E-state index is 0.312. The van der Waals surface area contributed by atoms with Gasteiger partial charge in [0, 0.05) is 6.42 Å². The Labute approximate surface area is 96.6 Å². The van der Waals surface area contributed by atoms with Gasteiger partial charge in [0.05, 0.1) is 6.10 Å². The van der Waals surface area contributed by atoms with Gasteiger partial charge < -0.3 is 10.2 Å². The van der Waals surface area contributed by atoms with E-state index in [0.29, 0.717) is 18.4 Å². The highest BCUT2D eigenvalue weighted by Crippen LogP contribution is 2.30. The third-order valence-corrected chi connectivity index (χ3v) is 2.67. The Morgan fingerprint density at radius 1 is 1.19 bits per heavy atom. The average molecular weight is 218 g/mol. The van der Waals surface area contributed by atoms with Gasteiger partial charge in [0.2, 0.25) is 0 Å². The summed E-state index contributed by atoms with van der Waals surface area (Å²) in [6.45, 7) is 7.19. The zero-order valence-electron chi connectivity index (χ0n) is 9.34. The molecule has 16 heavy (non-hydrogen) atoms. The Hall–Kier alpha value is -1.38. The molecule has 86 valence electrons. The molecule has 2 nitrogen and oxygen atoms in total. The SMILES string of the molecule is C=CC[C@@H](O)[C@](O)(CC=C)c1ccccc1. The maximum atomic E-state index is 10.5. The van der Waals surface area contributed by atoms with E-state index in [1.165, 1.54) is 0 Å². The van der Waals surface area contributed by atoms with E-state index in [4.69, 9.17) is 0 Å². The smallest absolute Gasteiger partial charge is 0.119 e. The van der Waals surface area contributed by atoms with Crippen LogP contribution in [0, 0.1) is 0 Å². The molecule has 1 rings (SSSR count). The molecule has 0 aromatic heterocycles. The van der Waals surface area contributed by atoms with Gasteiger partial charge in [0.15, 0.2) is 0 Å². The average Bonchev–Trinajstić information content (AvgIpc) is 2.30. The molecule has 0 aliphatic rings. The van der Waals surface area contributed by atoms with Gasteiger partial charge in [-0.15, -0.1) is 13.2 Å². The Morgan fingerprint density at radius 2 is 1.81 bits per heavy atom. The molecule has 0 amide bonds. The number of aliphatic hydroxyl groups is 2. The van der Waals surface area contributed by atoms with E-state index >= 15 is 0 Å². The van der Waals surface area contributed by atoms with Crippen LogP contribution in [0.3, 0.4) is 0 Å². The molecule has 1 aromatic carbocycles. The van der Waals surface area contributed by atoms with Crippen molar-refractivity contribution >= 4 is 0 Å². The monoisotopic (exact) mass is 218 g/mol. The van der Waals surface area contributed by atoms with Crippen LogP contribution in [0.25, 0.3) is 0 Å². The van der Waals surface area contributed by atoms with Crippen LogP contribution in [-0.2, 0) is 5.60 Å². The summed E-state index contributed by atoms with van der Waals surface area (Å²) in [4.78, 5) is 0. The Bertz CT molecular complexity index is 345. The summed E-state index contributed by atoms with van der Waals surface area (Å²) in [7, 11) is 0. The molecule has 2 atom stereocenters. The summed E-state index contributed by atoms with van der Waals surface area (Å²) in [6, 6.07) is 9.15. The molecule has 0 aliphatic heterocycles. The van der Waals surface area contributed by atoms with E-state index in [1.807, 2.05) is 18.2 Å². The van der Waals surface area contributed by atoms with Crippen LogP contribution in [0.1, 0.15) is 18.4 Å². The second-order valence-electron chi connectivity index (χ2n) is 3.82. The van der Waals surface area contributed by atoms with Crippen LogP contribution in [0.2, 0.25) is 0 Å². The highest BCUT2D eigenvalue weighted by molar-refractivity contribution is 5.25. The summed E-state index contributed by atoms with van der Waals surface area (Å²) in [5.74, 6) is 0. The van der Waals surface area contributed by atoms with Gasteiger partial charge in [-0.25, -0.2) is 0 Å². The van der Waals surface area contributed by atoms with Crippen LogP contribution >= 0.6 is 0 Å². The molecule has 0 saturated carbocycles. The lowest BCUT2D eigenvalue weighted by Gasteiger charge is -2.32. The van der Waals surface area contributed by atoms with Crippen LogP contribution in [-0.4, -0.2) is 16.3 Å². The lowest BCUT2D eigenvalue weighted by atomic mass is 9.84. The molecule has 0 heterocycles. The van der Waals surface area contributed by atoms with Crippen molar-refractivity contribution in [1.82, 2.24) is 0 Å². The molecule has 0 radical (unpaired) electrons. The van der Waals surface area contributed by atoms with Crippen molar-refractivity contribution < 1.29 is 10.2 Å². The van der Waals surface area contributed by atoms with E-state index in [9.17, 15) is 10.2 Å². The van der Waals surface area contributed by atoms with Crippen molar-refractivity contribution in [3.05, 3.63) is 61.2 Å². The van der Waals surface area contributed by atoms with Crippen LogP contribution < -0.4 is 0 Å². The maximum absolute atomic E-state index is 10.5. The van der Waals surface area contributed by atoms with Crippen molar-refractivity contribution in [3.63, 3.8) is 0 Å². The highest BCUT2D eigenvalue weighted by atomic mass is 16.3. The predicted octanol–water partition coefficient (Wildman–Crippen LogP) is 2.39. The van der Waals surface area contributed by atoms with E-state index in [0.717, 1.165) is 0 Å². The van der Waals surface area contributed by atoms with E-state index in [2.05, 4.69) is 13.2 Å². The molecule has 0 aliphatic carbocycles. The first kappa shape index (κ1) is 12.7. The summed E-state index contributed by atoms with van der Waals surface area (Å²) >= 11 is 0. The number of benzene rings is 1. The standard InChI is InChI=1S/C14H18O2/c1-3-8-13(15)14(16,11-4-2)12-9-6-5-7-10-12/h3-7,9-10,13,15-16H,1-2,8,11H2/t13-,14+/m1/s1. The minimum Gasteiger partial charge on any atom is -0.389 e. The molecule has 0 saturated heterocycles. The van der Waals surface area contributed by atoms with Crippen LogP contribution in [0.15, 0.2) is 55.6 Å². The molecule has 0 unspecified atom stereocenters. The fourth-order valence-electron chi connectivity index (χ4n) is 1.75. The zero-order valence-corrected chi connectivity index (χ0v) is 9.34. The lowest BCUT2D eigenvalue weighted by Crippen LogP contribution is -2.38. The van der Waals surface area contributed by atoms with E-state index in [-0.39, 0.29) is 0 Å². The van der Waals surface area contributed by atoms with Gasteiger partial charge in [0.25, 0.3) is 0 Å². The second-order valence-corrected chi connectivity index (χ2v) is 3.82. The number of aliphatic hydroxyl groups excluding tert-OH is 1. The van der Waals surface area contributed by atoms with Gasteiger partial charge in [-0.1, -0.05) is 42.5 Å². The molecule has 2 N–H and O–H groups in total. The Morgan fingerprint density at radius 3 is 2.31 bits per heavy atom. The Kier molecular flexibility index (Phi) is 4.47. The highest BCUT2D eigenvalue weighted by Gasteiger charge is 2.35. The first-order valence-electron chi connectivity index (χ1n) is 5.33. The van der Waals surface area contributed by atoms with Crippen molar-refractivity contribution in [1.29, 1.82) is 0 Å².